The molecular weight excluding hydrogens is 224 g/mol. The van der Waals surface area contributed by atoms with E-state index in [2.05, 4.69) is 4.72 Å². The second kappa shape index (κ2) is 4.88. The molecule has 1 fully saturated rings. The van der Waals surface area contributed by atoms with E-state index in [-0.39, 0.29) is 26.2 Å². The van der Waals surface area contributed by atoms with Crippen LogP contribution >= 0.6 is 0 Å². The predicted octanol–water partition coefficient (Wildman–Crippen LogP) is -1.52. The number of carbonyl (C=O) groups is 1. The summed E-state index contributed by atoms with van der Waals surface area (Å²) < 4.78 is 30.9. The summed E-state index contributed by atoms with van der Waals surface area (Å²) in [7, 11) is -2.07. The molecule has 0 aromatic rings. The molecule has 1 atom stereocenters. The van der Waals surface area contributed by atoms with Gasteiger partial charge in [-0.15, -0.1) is 0 Å². The Morgan fingerprint density at radius 1 is 1.67 bits per heavy atom. The lowest BCUT2D eigenvalue weighted by molar-refractivity contribution is -0.142. The Labute approximate surface area is 88.2 Å². The third kappa shape index (κ3) is 3.13. The van der Waals surface area contributed by atoms with E-state index in [1.165, 1.54) is 7.11 Å². The molecule has 0 aromatic heterocycles. The van der Waals surface area contributed by atoms with Gasteiger partial charge in [-0.1, -0.05) is 0 Å². The molecule has 7 nitrogen and oxygen atoms in total. The van der Waals surface area contributed by atoms with Crippen molar-refractivity contribution >= 4 is 16.2 Å². The quantitative estimate of drug-likeness (QED) is 0.620. The molecule has 0 radical (unpaired) electrons. The highest BCUT2D eigenvalue weighted by Gasteiger charge is 2.34. The maximum Gasteiger partial charge on any atom is 0.309 e. The summed E-state index contributed by atoms with van der Waals surface area (Å²) in [6, 6.07) is 0. The molecule has 0 spiro atoms. The Morgan fingerprint density at radius 3 is 2.87 bits per heavy atom. The molecule has 1 aliphatic rings. The van der Waals surface area contributed by atoms with Crippen molar-refractivity contribution in [3.63, 3.8) is 0 Å². The highest BCUT2D eigenvalue weighted by molar-refractivity contribution is 7.87. The Balaban J connectivity index is 2.66. The second-order valence-electron chi connectivity index (χ2n) is 3.24. The fourth-order valence-corrected chi connectivity index (χ4v) is 2.56. The summed E-state index contributed by atoms with van der Waals surface area (Å²) in [5, 5.41) is 8.76. The van der Waals surface area contributed by atoms with Gasteiger partial charge < -0.3 is 9.84 Å². The monoisotopic (exact) mass is 238 g/mol. The summed E-state index contributed by atoms with van der Waals surface area (Å²) in [5.41, 5.74) is 0. The number of nitrogens with zero attached hydrogens (tertiary/aromatic N) is 1. The van der Waals surface area contributed by atoms with E-state index in [0.717, 1.165) is 4.31 Å². The molecule has 1 aliphatic heterocycles. The third-order valence-electron chi connectivity index (χ3n) is 2.17. The summed E-state index contributed by atoms with van der Waals surface area (Å²) in [4.78, 5) is 10.7. The first-order valence-electron chi connectivity index (χ1n) is 4.44. The van der Waals surface area contributed by atoms with Crippen LogP contribution in [0.3, 0.4) is 0 Å². The molecule has 88 valence electrons. The Hall–Kier alpha value is -0.700. The van der Waals surface area contributed by atoms with Gasteiger partial charge in [-0.3, -0.25) is 4.79 Å². The average Bonchev–Trinajstić information content (AvgIpc) is 2.15. The molecule has 1 rings (SSSR count). The van der Waals surface area contributed by atoms with Crippen LogP contribution in [-0.2, 0) is 19.7 Å². The van der Waals surface area contributed by atoms with E-state index < -0.39 is 22.1 Å². The number of nitrogens with one attached hydrogen (secondary N) is 1. The van der Waals surface area contributed by atoms with Crippen molar-refractivity contribution in [1.29, 1.82) is 0 Å². The molecule has 8 heteroatoms. The van der Waals surface area contributed by atoms with Crippen LogP contribution < -0.4 is 4.72 Å². The number of hydrogen-bond donors (Lipinski definition) is 2. The maximum absolute atomic E-state index is 11.4. The molecule has 0 aromatic carbocycles. The van der Waals surface area contributed by atoms with Gasteiger partial charge in [0.15, 0.2) is 0 Å². The smallest absolute Gasteiger partial charge is 0.309 e. The number of aliphatic carboxylic acids is 1. The van der Waals surface area contributed by atoms with Crippen LogP contribution in [0.25, 0.3) is 0 Å². The topological polar surface area (TPSA) is 95.9 Å². The van der Waals surface area contributed by atoms with Gasteiger partial charge in [-0.05, 0) is 0 Å². The van der Waals surface area contributed by atoms with Gasteiger partial charge in [-0.25, -0.2) is 4.72 Å². The molecule has 1 heterocycles. The van der Waals surface area contributed by atoms with Crippen LogP contribution in [0.4, 0.5) is 0 Å². The molecule has 0 bridgehead atoms. The fraction of sp³-hybridized carbons (Fsp3) is 0.857. The van der Waals surface area contributed by atoms with Crippen molar-refractivity contribution < 1.29 is 23.1 Å². The van der Waals surface area contributed by atoms with E-state index in [4.69, 9.17) is 9.84 Å². The Morgan fingerprint density at radius 2 is 2.33 bits per heavy atom. The number of methoxy groups -OCH3 is 1. The number of carboxylic acid groups (broad SMARTS) is 1. The van der Waals surface area contributed by atoms with Gasteiger partial charge in [0.1, 0.15) is 0 Å². The minimum absolute atomic E-state index is 0.00593. The zero-order valence-electron chi connectivity index (χ0n) is 8.34. The zero-order chi connectivity index (χ0) is 11.5. The van der Waals surface area contributed by atoms with Crippen molar-refractivity contribution in [2.24, 2.45) is 5.92 Å². The van der Waals surface area contributed by atoms with Crippen molar-refractivity contribution in [2.45, 2.75) is 0 Å². The Bertz CT molecular complexity index is 328. The molecule has 0 saturated carbocycles. The summed E-state index contributed by atoms with van der Waals surface area (Å²) >= 11 is 0. The van der Waals surface area contributed by atoms with Crippen LogP contribution in [0.1, 0.15) is 0 Å². The minimum Gasteiger partial charge on any atom is -0.481 e. The number of ether oxygens (including phenoxy) is 1. The molecular formula is C7H14N2O5S. The van der Waals surface area contributed by atoms with Crippen LogP contribution in [-0.4, -0.2) is 57.1 Å². The fourth-order valence-electron chi connectivity index (χ4n) is 1.28. The van der Waals surface area contributed by atoms with Crippen molar-refractivity contribution in [1.82, 2.24) is 9.03 Å². The largest absolute Gasteiger partial charge is 0.481 e. The van der Waals surface area contributed by atoms with E-state index in [9.17, 15) is 13.2 Å². The van der Waals surface area contributed by atoms with E-state index in [1.54, 1.807) is 0 Å². The number of hydrogen-bond acceptors (Lipinski definition) is 4. The molecule has 1 saturated heterocycles. The summed E-state index contributed by atoms with van der Waals surface area (Å²) in [5.74, 6) is -1.70. The van der Waals surface area contributed by atoms with Gasteiger partial charge in [0.2, 0.25) is 0 Å². The first-order chi connectivity index (χ1) is 6.97. The standard InChI is InChI=1S/C7H14N2O5S/c1-14-3-2-9-5-6(7(10)11)4-8-15(9,12)13/h6,8H,2-5H2,1H3,(H,10,11). The SMILES string of the molecule is COCCN1CC(C(=O)O)CNS1(=O)=O. The van der Waals surface area contributed by atoms with Crippen molar-refractivity contribution in [3.8, 4) is 0 Å². The summed E-state index contributed by atoms with van der Waals surface area (Å²) in [6.07, 6.45) is 0. The van der Waals surface area contributed by atoms with Crippen molar-refractivity contribution in [3.05, 3.63) is 0 Å². The van der Waals surface area contributed by atoms with Gasteiger partial charge >= 0.3 is 5.97 Å². The van der Waals surface area contributed by atoms with Gasteiger partial charge in [0.05, 0.1) is 12.5 Å². The molecule has 0 aliphatic carbocycles. The highest BCUT2D eigenvalue weighted by Crippen LogP contribution is 2.11. The Kier molecular flexibility index (Phi) is 4.03. The first kappa shape index (κ1) is 12.4. The van der Waals surface area contributed by atoms with E-state index in [1.807, 2.05) is 0 Å². The lowest BCUT2D eigenvalue weighted by Gasteiger charge is -2.30. The maximum atomic E-state index is 11.4. The second-order valence-corrected chi connectivity index (χ2v) is 4.99. The minimum atomic E-state index is -3.52. The molecule has 2 N–H and O–H groups in total. The van der Waals surface area contributed by atoms with Crippen LogP contribution in [0.15, 0.2) is 0 Å². The van der Waals surface area contributed by atoms with Gasteiger partial charge in [0, 0.05) is 26.7 Å². The van der Waals surface area contributed by atoms with Crippen LogP contribution in [0, 0.1) is 5.92 Å². The highest BCUT2D eigenvalue weighted by atomic mass is 32.2. The predicted molar refractivity (Wildman–Crippen MR) is 51.5 cm³/mol. The van der Waals surface area contributed by atoms with Crippen molar-refractivity contribution in [2.75, 3.05) is 33.4 Å². The molecule has 0 amide bonds. The van der Waals surface area contributed by atoms with E-state index in [0.29, 0.717) is 0 Å². The van der Waals surface area contributed by atoms with Gasteiger partial charge in [-0.2, -0.15) is 12.7 Å². The van der Waals surface area contributed by atoms with Crippen LogP contribution in [0.2, 0.25) is 0 Å². The van der Waals surface area contributed by atoms with E-state index >= 15 is 0 Å². The molecule has 1 unspecified atom stereocenters. The summed E-state index contributed by atoms with van der Waals surface area (Å²) in [6.45, 7) is 0.345. The number of rotatable bonds is 4. The first-order valence-corrected chi connectivity index (χ1v) is 5.88. The lowest BCUT2D eigenvalue weighted by Crippen LogP contribution is -2.54. The zero-order valence-corrected chi connectivity index (χ0v) is 9.16. The van der Waals surface area contributed by atoms with Crippen LogP contribution in [0.5, 0.6) is 0 Å². The third-order valence-corrected chi connectivity index (χ3v) is 3.71. The molecule has 15 heavy (non-hydrogen) atoms. The van der Waals surface area contributed by atoms with Gasteiger partial charge in [0.25, 0.3) is 10.2 Å². The normalized spacial score (nSPS) is 26.3. The average molecular weight is 238 g/mol. The number of carboxylic acids is 1. The lowest BCUT2D eigenvalue weighted by atomic mass is 10.1.